The normalized spacial score (nSPS) is 62.7. The van der Waals surface area contributed by atoms with Gasteiger partial charge in [0.2, 0.25) is 0 Å². The number of carbonyl (C=O) groups is 1. The Morgan fingerprint density at radius 3 is 2.81 bits per heavy atom. The Morgan fingerprint density at radius 2 is 2.08 bits per heavy atom. The topological polar surface area (TPSA) is 60.8 Å². The highest BCUT2D eigenvalue weighted by Gasteiger charge is 2.85. The van der Waals surface area contributed by atoms with E-state index in [1.54, 1.807) is 0 Å². The van der Waals surface area contributed by atoms with Crippen molar-refractivity contribution in [2.24, 2.45) is 39.9 Å². The fourth-order valence-electron chi connectivity index (χ4n) is 9.75. The van der Waals surface area contributed by atoms with E-state index in [2.05, 4.69) is 25.3 Å². The molecule has 5 aliphatic carbocycles. The van der Waals surface area contributed by atoms with Crippen molar-refractivity contribution in [1.82, 2.24) is 4.90 Å². The van der Waals surface area contributed by atoms with E-state index >= 15 is 0 Å². The van der Waals surface area contributed by atoms with Gasteiger partial charge in [-0.1, -0.05) is 20.4 Å². The molecule has 1 heterocycles. The predicted molar refractivity (Wildman–Crippen MR) is 97.2 cm³/mol. The first kappa shape index (κ1) is 16.3. The number of Topliss-reactive ketones (excluding diaryl/α,β-unsaturated/α-hetero) is 1. The van der Waals surface area contributed by atoms with Gasteiger partial charge in [-0.25, -0.2) is 0 Å². The highest BCUT2D eigenvalue weighted by molar-refractivity contribution is 5.87. The summed E-state index contributed by atoms with van der Waals surface area (Å²) < 4.78 is 0. The molecule has 142 valence electrons. The second-order valence-corrected chi connectivity index (χ2v) is 10.7. The zero-order chi connectivity index (χ0) is 18.2. The van der Waals surface area contributed by atoms with Crippen LogP contribution in [0.5, 0.6) is 0 Å². The first-order valence-corrected chi connectivity index (χ1v) is 10.6. The molecule has 5 saturated carbocycles. The van der Waals surface area contributed by atoms with Gasteiger partial charge in [0.05, 0.1) is 12.2 Å². The van der Waals surface area contributed by atoms with Crippen LogP contribution in [0.4, 0.5) is 0 Å². The van der Waals surface area contributed by atoms with Gasteiger partial charge in [0.25, 0.3) is 0 Å². The van der Waals surface area contributed by atoms with Crippen LogP contribution < -0.4 is 0 Å². The Balaban J connectivity index is 1.62. The van der Waals surface area contributed by atoms with Gasteiger partial charge in [0.15, 0.2) is 0 Å². The molecule has 4 heteroatoms. The fourth-order valence-corrected chi connectivity index (χ4v) is 9.75. The summed E-state index contributed by atoms with van der Waals surface area (Å²) >= 11 is 0. The van der Waals surface area contributed by atoms with E-state index in [-0.39, 0.29) is 40.0 Å². The van der Waals surface area contributed by atoms with E-state index in [1.807, 2.05) is 0 Å². The van der Waals surface area contributed by atoms with Crippen molar-refractivity contribution in [3.05, 3.63) is 12.2 Å². The van der Waals surface area contributed by atoms with Crippen molar-refractivity contribution >= 4 is 5.78 Å². The Labute approximate surface area is 155 Å². The number of rotatable bonds is 1. The predicted octanol–water partition coefficient (Wildman–Crippen LogP) is 2.00. The second-order valence-electron chi connectivity index (χ2n) is 10.7. The van der Waals surface area contributed by atoms with E-state index in [1.165, 1.54) is 0 Å². The van der Waals surface area contributed by atoms with Crippen LogP contribution in [0.25, 0.3) is 0 Å². The molecule has 10 atom stereocenters. The Morgan fingerprint density at radius 1 is 1.31 bits per heavy atom. The largest absolute Gasteiger partial charge is 0.392 e. The van der Waals surface area contributed by atoms with Crippen molar-refractivity contribution in [2.45, 2.75) is 64.2 Å². The van der Waals surface area contributed by atoms with Crippen molar-refractivity contribution in [3.63, 3.8) is 0 Å². The summed E-state index contributed by atoms with van der Waals surface area (Å²) in [4.78, 5) is 15.6. The second kappa shape index (κ2) is 4.47. The average Bonchev–Trinajstić information content (AvgIpc) is 3.14. The first-order chi connectivity index (χ1) is 12.3. The molecule has 6 aliphatic rings. The van der Waals surface area contributed by atoms with E-state index in [9.17, 15) is 15.0 Å². The van der Waals surface area contributed by atoms with Gasteiger partial charge >= 0.3 is 0 Å². The van der Waals surface area contributed by atoms with Gasteiger partial charge in [-0.15, -0.1) is 0 Å². The van der Waals surface area contributed by atoms with Crippen molar-refractivity contribution < 1.29 is 15.0 Å². The van der Waals surface area contributed by atoms with Crippen LogP contribution in [0, 0.1) is 39.9 Å². The molecule has 0 aromatic heterocycles. The molecular formula is C22H31NO3. The van der Waals surface area contributed by atoms with Crippen LogP contribution in [0.15, 0.2) is 12.2 Å². The molecular weight excluding hydrogens is 326 g/mol. The molecule has 0 amide bonds. The maximum Gasteiger partial charge on any atom is 0.140 e. The van der Waals surface area contributed by atoms with E-state index in [4.69, 9.17) is 0 Å². The lowest BCUT2D eigenvalue weighted by molar-refractivity contribution is -0.211. The molecule has 0 aromatic rings. The number of nitrogens with zero attached hydrogens (tertiary/aromatic N) is 1. The Hall–Kier alpha value is -0.710. The highest BCUT2D eigenvalue weighted by Crippen LogP contribution is 2.83. The number of likely N-dealkylation sites (tertiary alicyclic amines) is 1. The third-order valence-corrected chi connectivity index (χ3v) is 10.4. The van der Waals surface area contributed by atoms with Gasteiger partial charge in [0, 0.05) is 35.8 Å². The summed E-state index contributed by atoms with van der Waals surface area (Å²) in [5.74, 6) is 1.16. The average molecular weight is 357 g/mol. The minimum Gasteiger partial charge on any atom is -0.392 e. The van der Waals surface area contributed by atoms with Crippen LogP contribution in [0.3, 0.4) is 0 Å². The number of ketones is 1. The number of piperidine rings is 1. The minimum absolute atomic E-state index is 0.130. The smallest absolute Gasteiger partial charge is 0.140 e. The van der Waals surface area contributed by atoms with Gasteiger partial charge in [-0.3, -0.25) is 9.69 Å². The fraction of sp³-hybridized carbons (Fsp3) is 0.864. The molecule has 7 bridgehead atoms. The standard InChI is InChI=1S/C22H31NO3/c1-4-23-10-20(3)6-5-17(25)22-15(20)7-13(18(22)23)21-9-12(11(2)19(21)26)14(24)8-16(21)22/h12-13,15-19,25-26H,2,4-10H2,1,3H3/t12-,13-,15+,16+,17-,18+,19+,20-,21-,22-/m0/s1. The van der Waals surface area contributed by atoms with Gasteiger partial charge in [-0.2, -0.15) is 0 Å². The van der Waals surface area contributed by atoms with Crippen molar-refractivity contribution in [3.8, 4) is 0 Å². The van der Waals surface area contributed by atoms with E-state index < -0.39 is 6.10 Å². The van der Waals surface area contributed by atoms with Crippen LogP contribution in [0.1, 0.15) is 46.0 Å². The van der Waals surface area contributed by atoms with Gasteiger partial charge < -0.3 is 10.2 Å². The molecule has 0 unspecified atom stereocenters. The molecule has 1 aliphatic heterocycles. The summed E-state index contributed by atoms with van der Waals surface area (Å²) in [7, 11) is 0. The number of hydrogen-bond donors (Lipinski definition) is 2. The number of aliphatic hydroxyl groups is 2. The highest BCUT2D eigenvalue weighted by atomic mass is 16.3. The van der Waals surface area contributed by atoms with Crippen LogP contribution in [-0.2, 0) is 4.79 Å². The number of fused-ring (bicyclic) bond motifs is 1. The third kappa shape index (κ3) is 1.33. The monoisotopic (exact) mass is 357 g/mol. The summed E-state index contributed by atoms with van der Waals surface area (Å²) in [6.45, 7) is 10.9. The maximum atomic E-state index is 13.0. The summed E-state index contributed by atoms with van der Waals surface area (Å²) in [5.41, 5.74) is 0.598. The molecule has 2 spiro atoms. The molecule has 0 aromatic carbocycles. The molecule has 6 rings (SSSR count). The van der Waals surface area contributed by atoms with E-state index in [0.29, 0.717) is 24.3 Å². The number of aliphatic hydroxyl groups excluding tert-OH is 2. The number of hydrogen-bond acceptors (Lipinski definition) is 4. The molecule has 2 N–H and O–H groups in total. The van der Waals surface area contributed by atoms with Gasteiger partial charge in [0.1, 0.15) is 5.78 Å². The lowest BCUT2D eigenvalue weighted by atomic mass is 9.43. The molecule has 4 nitrogen and oxygen atoms in total. The van der Waals surface area contributed by atoms with Crippen molar-refractivity contribution in [1.29, 1.82) is 0 Å². The molecule has 26 heavy (non-hydrogen) atoms. The quantitative estimate of drug-likeness (QED) is 0.705. The molecule has 1 saturated heterocycles. The lowest BCUT2D eigenvalue weighted by Gasteiger charge is -2.65. The zero-order valence-corrected chi connectivity index (χ0v) is 15.9. The van der Waals surface area contributed by atoms with Crippen molar-refractivity contribution in [2.75, 3.05) is 13.1 Å². The summed E-state index contributed by atoms with van der Waals surface area (Å²) in [6, 6.07) is 0.331. The summed E-state index contributed by atoms with van der Waals surface area (Å²) in [5, 5.41) is 22.8. The molecule has 6 fully saturated rings. The van der Waals surface area contributed by atoms with Gasteiger partial charge in [-0.05, 0) is 61.0 Å². The Bertz CT molecular complexity index is 735. The minimum atomic E-state index is -0.561. The SMILES string of the molecule is C=C1[C@@H]2C[C@@]3([C@@H]1O)[C@@H](CC2=O)[C@]12[C@@H]4C[C@H]3[C@H]1N(CC)C[C@]4(C)CC[C@@H]2O. The summed E-state index contributed by atoms with van der Waals surface area (Å²) in [6.07, 6.45) is 3.50. The third-order valence-electron chi connectivity index (χ3n) is 10.4. The van der Waals surface area contributed by atoms with E-state index in [0.717, 1.165) is 44.3 Å². The van der Waals surface area contributed by atoms with Crippen LogP contribution >= 0.6 is 0 Å². The number of carbonyl (C=O) groups excluding carboxylic acids is 1. The molecule has 0 radical (unpaired) electrons. The lowest BCUT2D eigenvalue weighted by Crippen LogP contribution is -2.68. The first-order valence-electron chi connectivity index (χ1n) is 10.6. The van der Waals surface area contributed by atoms with Crippen LogP contribution in [-0.4, -0.2) is 52.2 Å². The van der Waals surface area contributed by atoms with Crippen LogP contribution in [0.2, 0.25) is 0 Å². The maximum absolute atomic E-state index is 13.0. The zero-order valence-electron chi connectivity index (χ0n) is 15.9. The Kier molecular flexibility index (Phi) is 2.80.